The Morgan fingerprint density at radius 3 is 3.00 bits per heavy atom. The van der Waals surface area contributed by atoms with Crippen LogP contribution in [0.2, 0.25) is 5.02 Å². The van der Waals surface area contributed by atoms with Gasteiger partial charge in [0.1, 0.15) is 5.82 Å². The standard InChI is InChI=1S/C15H22ClN3O2/c1-3-6-17-13-12(16)8-11(9-18-13)14(20)19-7-4-5-15(2,21)10-19/h8-9,21H,3-7,10H2,1-2H3,(H,17,18). The first kappa shape index (κ1) is 16.0. The number of carbonyl (C=O) groups excluding carboxylic acids is 1. The molecule has 1 aliphatic heterocycles. The second-order valence-electron chi connectivity index (χ2n) is 5.81. The first-order valence-electron chi connectivity index (χ1n) is 7.34. The summed E-state index contributed by atoms with van der Waals surface area (Å²) in [5.74, 6) is 0.465. The van der Waals surface area contributed by atoms with Gasteiger partial charge < -0.3 is 15.3 Å². The van der Waals surface area contributed by atoms with Crippen LogP contribution in [-0.2, 0) is 0 Å². The van der Waals surface area contributed by atoms with Crippen molar-refractivity contribution in [2.75, 3.05) is 25.0 Å². The van der Waals surface area contributed by atoms with Gasteiger partial charge in [0.15, 0.2) is 0 Å². The zero-order valence-electron chi connectivity index (χ0n) is 12.5. The summed E-state index contributed by atoms with van der Waals surface area (Å²) in [7, 11) is 0. The average molecular weight is 312 g/mol. The van der Waals surface area contributed by atoms with Crippen LogP contribution in [0, 0.1) is 0 Å². The van der Waals surface area contributed by atoms with E-state index in [4.69, 9.17) is 11.6 Å². The van der Waals surface area contributed by atoms with Gasteiger partial charge in [0.25, 0.3) is 5.91 Å². The van der Waals surface area contributed by atoms with E-state index in [1.165, 1.54) is 6.20 Å². The predicted molar refractivity (Wildman–Crippen MR) is 83.8 cm³/mol. The lowest BCUT2D eigenvalue weighted by molar-refractivity contribution is -0.0107. The van der Waals surface area contributed by atoms with Gasteiger partial charge in [-0.05, 0) is 32.3 Å². The van der Waals surface area contributed by atoms with E-state index in [9.17, 15) is 9.90 Å². The van der Waals surface area contributed by atoms with E-state index >= 15 is 0 Å². The number of pyridine rings is 1. The van der Waals surface area contributed by atoms with Crippen LogP contribution in [0.4, 0.5) is 5.82 Å². The Kier molecular flexibility index (Phi) is 5.06. The maximum absolute atomic E-state index is 12.5. The van der Waals surface area contributed by atoms with Crippen molar-refractivity contribution in [2.45, 2.75) is 38.7 Å². The normalized spacial score (nSPS) is 22.2. The number of halogens is 1. The van der Waals surface area contributed by atoms with Crippen LogP contribution in [0.3, 0.4) is 0 Å². The molecule has 1 aromatic heterocycles. The lowest BCUT2D eigenvalue weighted by atomic mass is 9.95. The molecular weight excluding hydrogens is 290 g/mol. The van der Waals surface area contributed by atoms with Gasteiger partial charge in [-0.1, -0.05) is 18.5 Å². The van der Waals surface area contributed by atoms with E-state index < -0.39 is 5.60 Å². The van der Waals surface area contributed by atoms with Crippen LogP contribution >= 0.6 is 11.6 Å². The molecule has 0 aliphatic carbocycles. The minimum absolute atomic E-state index is 0.133. The zero-order chi connectivity index (χ0) is 15.5. The molecule has 1 atom stereocenters. The largest absolute Gasteiger partial charge is 0.388 e. The number of nitrogens with zero attached hydrogens (tertiary/aromatic N) is 2. The predicted octanol–water partition coefficient (Wildman–Crippen LogP) is 2.54. The third-order valence-electron chi connectivity index (χ3n) is 3.59. The monoisotopic (exact) mass is 311 g/mol. The summed E-state index contributed by atoms with van der Waals surface area (Å²) < 4.78 is 0. The number of likely N-dealkylation sites (tertiary alicyclic amines) is 1. The molecular formula is C15H22ClN3O2. The second kappa shape index (κ2) is 6.62. The molecule has 2 rings (SSSR count). The zero-order valence-corrected chi connectivity index (χ0v) is 13.3. The number of rotatable bonds is 4. The first-order valence-corrected chi connectivity index (χ1v) is 7.72. The first-order chi connectivity index (χ1) is 9.93. The van der Waals surface area contributed by atoms with E-state index in [1.54, 1.807) is 17.9 Å². The smallest absolute Gasteiger partial charge is 0.255 e. The molecule has 0 spiro atoms. The molecule has 1 aromatic rings. The summed E-state index contributed by atoms with van der Waals surface area (Å²) in [6.45, 7) is 5.60. The molecule has 0 radical (unpaired) electrons. The van der Waals surface area contributed by atoms with Gasteiger partial charge in [0.05, 0.1) is 16.2 Å². The molecule has 1 unspecified atom stereocenters. The van der Waals surface area contributed by atoms with Crippen molar-refractivity contribution >= 4 is 23.3 Å². The molecule has 5 nitrogen and oxygen atoms in total. The van der Waals surface area contributed by atoms with Crippen LogP contribution < -0.4 is 5.32 Å². The van der Waals surface area contributed by atoms with Gasteiger partial charge in [-0.25, -0.2) is 4.98 Å². The van der Waals surface area contributed by atoms with Crippen LogP contribution in [-0.4, -0.2) is 46.1 Å². The van der Waals surface area contributed by atoms with Crippen molar-refractivity contribution in [1.82, 2.24) is 9.88 Å². The third-order valence-corrected chi connectivity index (χ3v) is 3.88. The number of amides is 1. The Balaban J connectivity index is 2.10. The fraction of sp³-hybridized carbons (Fsp3) is 0.600. The SMILES string of the molecule is CCCNc1ncc(C(=O)N2CCCC(C)(O)C2)cc1Cl. The molecule has 0 aromatic carbocycles. The molecule has 2 N–H and O–H groups in total. The van der Waals surface area contributed by atoms with Gasteiger partial charge in [0, 0.05) is 25.8 Å². The molecule has 116 valence electrons. The lowest BCUT2D eigenvalue weighted by Gasteiger charge is -2.36. The highest BCUT2D eigenvalue weighted by Crippen LogP contribution is 2.24. The van der Waals surface area contributed by atoms with E-state index in [2.05, 4.69) is 17.2 Å². The van der Waals surface area contributed by atoms with Crippen LogP contribution in [0.15, 0.2) is 12.3 Å². The number of nitrogens with one attached hydrogen (secondary N) is 1. The van der Waals surface area contributed by atoms with Crippen molar-refractivity contribution in [3.05, 3.63) is 22.8 Å². The number of hydrogen-bond donors (Lipinski definition) is 2. The van der Waals surface area contributed by atoms with Crippen LogP contribution in [0.25, 0.3) is 0 Å². The molecule has 21 heavy (non-hydrogen) atoms. The van der Waals surface area contributed by atoms with Gasteiger partial charge >= 0.3 is 0 Å². The van der Waals surface area contributed by atoms with E-state index in [-0.39, 0.29) is 5.91 Å². The van der Waals surface area contributed by atoms with Crippen molar-refractivity contribution in [3.63, 3.8) is 0 Å². The molecule has 1 amide bonds. The molecule has 1 aliphatic rings. The molecule has 6 heteroatoms. The van der Waals surface area contributed by atoms with E-state index in [1.807, 2.05) is 0 Å². The number of anilines is 1. The summed E-state index contributed by atoms with van der Waals surface area (Å²) in [5, 5.41) is 13.6. The Bertz CT molecular complexity index is 520. The summed E-state index contributed by atoms with van der Waals surface area (Å²) in [4.78, 5) is 18.3. The minimum Gasteiger partial charge on any atom is -0.388 e. The van der Waals surface area contributed by atoms with Gasteiger partial charge in [-0.2, -0.15) is 0 Å². The van der Waals surface area contributed by atoms with E-state index in [0.29, 0.717) is 29.5 Å². The second-order valence-corrected chi connectivity index (χ2v) is 6.22. The lowest BCUT2D eigenvalue weighted by Crippen LogP contribution is -2.48. The number of aliphatic hydroxyl groups is 1. The summed E-state index contributed by atoms with van der Waals surface area (Å²) in [5.41, 5.74) is -0.354. The van der Waals surface area contributed by atoms with Gasteiger partial charge in [-0.15, -0.1) is 0 Å². The van der Waals surface area contributed by atoms with Crippen LogP contribution in [0.1, 0.15) is 43.5 Å². The number of aromatic nitrogens is 1. The Hall–Kier alpha value is -1.33. The summed E-state index contributed by atoms with van der Waals surface area (Å²) >= 11 is 6.16. The fourth-order valence-corrected chi connectivity index (χ4v) is 2.74. The molecule has 1 saturated heterocycles. The number of hydrogen-bond acceptors (Lipinski definition) is 4. The van der Waals surface area contributed by atoms with E-state index in [0.717, 1.165) is 25.8 Å². The maximum Gasteiger partial charge on any atom is 0.255 e. The molecule has 1 fully saturated rings. The summed E-state index contributed by atoms with van der Waals surface area (Å²) in [6.07, 6.45) is 4.03. The third kappa shape index (κ3) is 4.08. The highest BCUT2D eigenvalue weighted by molar-refractivity contribution is 6.33. The Labute approximate surface area is 130 Å². The Morgan fingerprint density at radius 2 is 2.38 bits per heavy atom. The maximum atomic E-state index is 12.5. The number of β-amino-alcohol motifs (C(OH)–C–C–N with tert-alkyl or cyclic N) is 1. The van der Waals surface area contributed by atoms with Gasteiger partial charge in [0.2, 0.25) is 0 Å². The number of carbonyl (C=O) groups is 1. The fourth-order valence-electron chi connectivity index (χ4n) is 2.50. The van der Waals surface area contributed by atoms with Gasteiger partial charge in [-0.3, -0.25) is 4.79 Å². The molecule has 2 heterocycles. The quantitative estimate of drug-likeness (QED) is 0.897. The van der Waals surface area contributed by atoms with Crippen molar-refractivity contribution in [3.8, 4) is 0 Å². The highest BCUT2D eigenvalue weighted by atomic mass is 35.5. The highest BCUT2D eigenvalue weighted by Gasteiger charge is 2.31. The molecule has 0 saturated carbocycles. The van der Waals surface area contributed by atoms with Crippen LogP contribution in [0.5, 0.6) is 0 Å². The topological polar surface area (TPSA) is 65.5 Å². The number of piperidine rings is 1. The minimum atomic E-state index is -0.812. The average Bonchev–Trinajstić information content (AvgIpc) is 2.44. The Morgan fingerprint density at radius 1 is 1.62 bits per heavy atom. The molecule has 0 bridgehead atoms. The van der Waals surface area contributed by atoms with Crippen molar-refractivity contribution in [2.24, 2.45) is 0 Å². The van der Waals surface area contributed by atoms with Crippen molar-refractivity contribution in [1.29, 1.82) is 0 Å². The van der Waals surface area contributed by atoms with Crippen molar-refractivity contribution < 1.29 is 9.90 Å². The summed E-state index contributed by atoms with van der Waals surface area (Å²) in [6, 6.07) is 1.64.